The zero-order valence-corrected chi connectivity index (χ0v) is 15.2. The minimum atomic E-state index is -0.212. The molecule has 0 aliphatic carbocycles. The van der Waals surface area contributed by atoms with Gasteiger partial charge in [0, 0.05) is 18.6 Å². The molecule has 0 bridgehead atoms. The molecular weight excluding hydrogens is 336 g/mol. The zero-order valence-electron chi connectivity index (χ0n) is 14.4. The molecule has 1 heterocycles. The Morgan fingerprint density at radius 3 is 2.36 bits per heavy atom. The highest BCUT2D eigenvalue weighted by molar-refractivity contribution is 6.30. The van der Waals surface area contributed by atoms with Crippen molar-refractivity contribution in [2.75, 3.05) is 7.05 Å². The van der Waals surface area contributed by atoms with Crippen LogP contribution in [-0.4, -0.2) is 32.6 Å². The lowest BCUT2D eigenvalue weighted by molar-refractivity contribution is 0.0773. The van der Waals surface area contributed by atoms with Gasteiger partial charge in [-0.1, -0.05) is 41.4 Å². The fraction of sp³-hybridized carbons (Fsp3) is 0.211. The summed E-state index contributed by atoms with van der Waals surface area (Å²) in [6, 6.07) is 15.3. The molecule has 0 unspecified atom stereocenters. The normalized spacial score (nSPS) is 10.7. The van der Waals surface area contributed by atoms with Gasteiger partial charge in [0.05, 0.1) is 5.69 Å². The van der Waals surface area contributed by atoms with Crippen LogP contribution in [0.2, 0.25) is 5.02 Å². The van der Waals surface area contributed by atoms with Crippen LogP contribution in [0.15, 0.2) is 48.5 Å². The van der Waals surface area contributed by atoms with Gasteiger partial charge in [-0.05, 0) is 43.7 Å². The molecule has 25 heavy (non-hydrogen) atoms. The van der Waals surface area contributed by atoms with Crippen LogP contribution in [0.5, 0.6) is 0 Å². The summed E-state index contributed by atoms with van der Waals surface area (Å²) in [6.07, 6.45) is 0. The first kappa shape index (κ1) is 17.2. The molecular formula is C19H19ClN4O. The third kappa shape index (κ3) is 3.88. The molecule has 2 aromatic carbocycles. The van der Waals surface area contributed by atoms with Crippen LogP contribution in [0, 0.1) is 13.8 Å². The van der Waals surface area contributed by atoms with Crippen LogP contribution in [-0.2, 0) is 6.54 Å². The maximum Gasteiger partial charge on any atom is 0.293 e. The van der Waals surface area contributed by atoms with Crippen molar-refractivity contribution in [1.82, 2.24) is 19.7 Å². The summed E-state index contributed by atoms with van der Waals surface area (Å²) in [4.78, 5) is 18.6. The van der Waals surface area contributed by atoms with Gasteiger partial charge < -0.3 is 4.90 Å². The monoisotopic (exact) mass is 354 g/mol. The molecule has 0 saturated heterocycles. The first-order valence-electron chi connectivity index (χ1n) is 7.94. The molecule has 6 heteroatoms. The van der Waals surface area contributed by atoms with E-state index in [4.69, 9.17) is 11.6 Å². The quantitative estimate of drug-likeness (QED) is 0.715. The highest BCUT2D eigenvalue weighted by atomic mass is 35.5. The second-order valence-electron chi connectivity index (χ2n) is 6.02. The van der Waals surface area contributed by atoms with Gasteiger partial charge >= 0.3 is 0 Å². The van der Waals surface area contributed by atoms with E-state index in [-0.39, 0.29) is 11.7 Å². The number of halogens is 1. The van der Waals surface area contributed by atoms with Gasteiger partial charge in [-0.25, -0.2) is 9.67 Å². The number of hydrogen-bond donors (Lipinski definition) is 0. The summed E-state index contributed by atoms with van der Waals surface area (Å²) in [6.45, 7) is 4.36. The van der Waals surface area contributed by atoms with Gasteiger partial charge in [-0.3, -0.25) is 4.79 Å². The fourth-order valence-corrected chi connectivity index (χ4v) is 2.64. The number of benzene rings is 2. The van der Waals surface area contributed by atoms with Crippen molar-refractivity contribution in [3.63, 3.8) is 0 Å². The van der Waals surface area contributed by atoms with Crippen LogP contribution in [0.3, 0.4) is 0 Å². The molecule has 128 valence electrons. The Bertz CT molecular complexity index is 885. The molecule has 0 radical (unpaired) electrons. The Hall–Kier alpha value is -2.66. The number of hydrogen-bond acceptors (Lipinski definition) is 3. The number of aromatic nitrogens is 3. The van der Waals surface area contributed by atoms with E-state index in [0.717, 1.165) is 11.3 Å². The Kier molecular flexibility index (Phi) is 4.86. The van der Waals surface area contributed by atoms with E-state index < -0.39 is 0 Å². The minimum Gasteiger partial charge on any atom is -0.335 e. The predicted molar refractivity (Wildman–Crippen MR) is 98.1 cm³/mol. The molecule has 1 amide bonds. The Morgan fingerprint density at radius 1 is 1.08 bits per heavy atom. The van der Waals surface area contributed by atoms with Gasteiger partial charge in [0.1, 0.15) is 5.82 Å². The first-order valence-corrected chi connectivity index (χ1v) is 8.32. The number of nitrogens with zero attached hydrogens (tertiary/aromatic N) is 4. The standard InChI is InChI=1S/C19H19ClN4O/c1-13-4-6-15(7-5-13)12-23(3)19(25)18-21-14(2)24(22-18)17-10-8-16(20)9-11-17/h4-11H,12H2,1-3H3. The van der Waals surface area contributed by atoms with Crippen LogP contribution < -0.4 is 0 Å². The largest absolute Gasteiger partial charge is 0.335 e. The molecule has 5 nitrogen and oxygen atoms in total. The number of amides is 1. The van der Waals surface area contributed by atoms with Crippen molar-refractivity contribution in [1.29, 1.82) is 0 Å². The topological polar surface area (TPSA) is 51.0 Å². The highest BCUT2D eigenvalue weighted by Gasteiger charge is 2.19. The van der Waals surface area contributed by atoms with E-state index in [9.17, 15) is 4.79 Å². The maximum absolute atomic E-state index is 12.6. The van der Waals surface area contributed by atoms with Gasteiger partial charge in [0.15, 0.2) is 0 Å². The zero-order chi connectivity index (χ0) is 18.0. The number of rotatable bonds is 4. The van der Waals surface area contributed by atoms with E-state index in [2.05, 4.69) is 10.1 Å². The summed E-state index contributed by atoms with van der Waals surface area (Å²) in [5.41, 5.74) is 3.07. The number of carbonyl (C=O) groups excluding carboxylic acids is 1. The van der Waals surface area contributed by atoms with Crippen LogP contribution >= 0.6 is 11.6 Å². The second kappa shape index (κ2) is 7.07. The van der Waals surface area contributed by atoms with E-state index >= 15 is 0 Å². The second-order valence-corrected chi connectivity index (χ2v) is 6.45. The first-order chi connectivity index (χ1) is 11.9. The Labute approximate surface area is 151 Å². The summed E-state index contributed by atoms with van der Waals surface area (Å²) in [5, 5.41) is 5.01. The number of aryl methyl sites for hydroxylation is 2. The number of carbonyl (C=O) groups is 1. The summed E-state index contributed by atoms with van der Waals surface area (Å²) in [5.74, 6) is 0.618. The maximum atomic E-state index is 12.6. The van der Waals surface area contributed by atoms with E-state index in [1.54, 1.807) is 28.8 Å². The smallest absolute Gasteiger partial charge is 0.293 e. The molecule has 3 rings (SSSR count). The highest BCUT2D eigenvalue weighted by Crippen LogP contribution is 2.15. The molecule has 3 aromatic rings. The molecule has 0 N–H and O–H groups in total. The van der Waals surface area contributed by atoms with Crippen molar-refractivity contribution in [3.05, 3.63) is 76.3 Å². The van der Waals surface area contributed by atoms with Crippen LogP contribution in [0.1, 0.15) is 27.6 Å². The molecule has 1 aromatic heterocycles. The molecule has 0 spiro atoms. The van der Waals surface area contributed by atoms with E-state index in [1.807, 2.05) is 50.2 Å². The van der Waals surface area contributed by atoms with Gasteiger partial charge in [-0.2, -0.15) is 0 Å². The summed E-state index contributed by atoms with van der Waals surface area (Å²) >= 11 is 5.92. The predicted octanol–water partition coefficient (Wildman–Crippen LogP) is 3.81. The lowest BCUT2D eigenvalue weighted by Crippen LogP contribution is -2.27. The lowest BCUT2D eigenvalue weighted by Gasteiger charge is -2.15. The van der Waals surface area contributed by atoms with Gasteiger partial charge in [-0.15, -0.1) is 5.10 Å². The minimum absolute atomic E-state index is 0.182. The van der Waals surface area contributed by atoms with Crippen molar-refractivity contribution in [2.24, 2.45) is 0 Å². The van der Waals surface area contributed by atoms with Crippen molar-refractivity contribution >= 4 is 17.5 Å². The van der Waals surface area contributed by atoms with Crippen molar-refractivity contribution < 1.29 is 4.79 Å². The molecule has 0 aliphatic rings. The summed E-state index contributed by atoms with van der Waals surface area (Å²) < 4.78 is 1.64. The van der Waals surface area contributed by atoms with Crippen LogP contribution in [0.25, 0.3) is 5.69 Å². The lowest BCUT2D eigenvalue weighted by atomic mass is 10.1. The third-order valence-electron chi connectivity index (χ3n) is 3.92. The average Bonchev–Trinajstić information content (AvgIpc) is 2.98. The SMILES string of the molecule is Cc1ccc(CN(C)C(=O)c2nc(C)n(-c3ccc(Cl)cc3)n2)cc1. The van der Waals surface area contributed by atoms with Crippen molar-refractivity contribution in [2.45, 2.75) is 20.4 Å². The summed E-state index contributed by atoms with van der Waals surface area (Å²) in [7, 11) is 1.75. The molecule has 0 fully saturated rings. The van der Waals surface area contributed by atoms with Crippen molar-refractivity contribution in [3.8, 4) is 5.69 Å². The van der Waals surface area contributed by atoms with Gasteiger partial charge in [0.2, 0.25) is 5.82 Å². The molecule has 0 aliphatic heterocycles. The Morgan fingerprint density at radius 2 is 1.72 bits per heavy atom. The van der Waals surface area contributed by atoms with Gasteiger partial charge in [0.25, 0.3) is 5.91 Å². The molecule has 0 saturated carbocycles. The molecule has 0 atom stereocenters. The Balaban J connectivity index is 1.79. The third-order valence-corrected chi connectivity index (χ3v) is 4.17. The van der Waals surface area contributed by atoms with Crippen LogP contribution in [0.4, 0.5) is 0 Å². The average molecular weight is 355 g/mol. The fourth-order valence-electron chi connectivity index (χ4n) is 2.52. The van der Waals surface area contributed by atoms with E-state index in [0.29, 0.717) is 17.4 Å². The van der Waals surface area contributed by atoms with E-state index in [1.165, 1.54) is 5.56 Å².